The van der Waals surface area contributed by atoms with Gasteiger partial charge in [-0.05, 0) is 55.8 Å². The molecule has 26 heavy (non-hydrogen) atoms. The van der Waals surface area contributed by atoms with Crippen LogP contribution in [0, 0.1) is 0 Å². The lowest BCUT2D eigenvalue weighted by atomic mass is 10.2. The summed E-state index contributed by atoms with van der Waals surface area (Å²) in [5.41, 5.74) is 1.29. The van der Waals surface area contributed by atoms with E-state index in [1.807, 2.05) is 6.92 Å². The van der Waals surface area contributed by atoms with Gasteiger partial charge in [0.2, 0.25) is 15.9 Å². The van der Waals surface area contributed by atoms with Gasteiger partial charge < -0.3 is 10.1 Å². The van der Waals surface area contributed by atoms with Gasteiger partial charge in [-0.2, -0.15) is 0 Å². The molecule has 2 rings (SSSR count). The smallest absolute Gasteiger partial charge is 0.243 e. The van der Waals surface area contributed by atoms with Crippen LogP contribution >= 0.6 is 0 Å². The van der Waals surface area contributed by atoms with Crippen LogP contribution in [0.2, 0.25) is 0 Å². The predicted molar refractivity (Wildman–Crippen MR) is 100 cm³/mol. The molecule has 0 saturated heterocycles. The molecule has 1 aromatic heterocycles. The van der Waals surface area contributed by atoms with Gasteiger partial charge in [0.1, 0.15) is 11.8 Å². The first kappa shape index (κ1) is 19.7. The van der Waals surface area contributed by atoms with E-state index >= 15 is 0 Å². The second-order valence-corrected chi connectivity index (χ2v) is 7.59. The van der Waals surface area contributed by atoms with Crippen molar-refractivity contribution in [3.8, 4) is 5.75 Å². The molecule has 1 heterocycles. The Kier molecular flexibility index (Phi) is 6.57. The quantitative estimate of drug-likeness (QED) is 0.760. The Hall–Kier alpha value is -2.61. The minimum Gasteiger partial charge on any atom is -0.494 e. The Labute approximate surface area is 154 Å². The number of ether oxygens (including phenoxy) is 1. The minimum absolute atomic E-state index is 0.298. The van der Waals surface area contributed by atoms with Crippen molar-refractivity contribution in [1.29, 1.82) is 0 Å². The molecule has 1 amide bonds. The van der Waals surface area contributed by atoms with Crippen molar-refractivity contribution >= 4 is 21.6 Å². The maximum absolute atomic E-state index is 12.5. The van der Waals surface area contributed by atoms with E-state index in [9.17, 15) is 13.2 Å². The molecule has 0 radical (unpaired) electrons. The van der Waals surface area contributed by atoms with E-state index in [1.54, 1.807) is 55.7 Å². The Morgan fingerprint density at radius 3 is 2.35 bits per heavy atom. The maximum atomic E-state index is 12.5. The third-order valence-corrected chi connectivity index (χ3v) is 4.95. The fraction of sp³-hybridized carbons (Fsp3) is 0.333. The highest BCUT2D eigenvalue weighted by atomic mass is 32.2. The number of carbonyl (C=O) groups is 1. The van der Waals surface area contributed by atoms with Gasteiger partial charge >= 0.3 is 0 Å². The summed E-state index contributed by atoms with van der Waals surface area (Å²) in [6.45, 7) is 4.24. The third kappa shape index (κ3) is 5.19. The number of hydrogen-bond donors (Lipinski definition) is 1. The number of nitrogens with one attached hydrogen (secondary N) is 1. The number of nitrogens with zero attached hydrogens (tertiary/aromatic N) is 2. The monoisotopic (exact) mass is 377 g/mol. The first-order valence-corrected chi connectivity index (χ1v) is 10.1. The van der Waals surface area contributed by atoms with E-state index in [2.05, 4.69) is 10.3 Å². The molecule has 1 N–H and O–H groups in total. The van der Waals surface area contributed by atoms with E-state index in [-0.39, 0.29) is 5.91 Å². The van der Waals surface area contributed by atoms with E-state index in [0.717, 1.165) is 16.1 Å². The number of aromatic nitrogens is 1. The lowest BCUT2D eigenvalue weighted by molar-refractivity contribution is -0.122. The molecular formula is C18H23N3O4S. The van der Waals surface area contributed by atoms with E-state index < -0.39 is 16.1 Å². The second-order valence-electron chi connectivity index (χ2n) is 5.73. The van der Waals surface area contributed by atoms with Crippen molar-refractivity contribution in [2.24, 2.45) is 0 Å². The van der Waals surface area contributed by atoms with Gasteiger partial charge in [0.25, 0.3) is 0 Å². The first-order chi connectivity index (χ1) is 12.3. The lowest BCUT2D eigenvalue weighted by Crippen LogP contribution is -2.47. The molecule has 0 bridgehead atoms. The van der Waals surface area contributed by atoms with Crippen LogP contribution in [0.15, 0.2) is 48.8 Å². The van der Waals surface area contributed by atoms with Crippen LogP contribution in [-0.4, -0.2) is 38.2 Å². The minimum atomic E-state index is -3.65. The van der Waals surface area contributed by atoms with Crippen LogP contribution < -0.4 is 14.4 Å². The average Bonchev–Trinajstić information content (AvgIpc) is 2.61. The van der Waals surface area contributed by atoms with Gasteiger partial charge in [-0.1, -0.05) is 0 Å². The predicted octanol–water partition coefficient (Wildman–Crippen LogP) is 1.95. The molecule has 1 unspecified atom stereocenters. The van der Waals surface area contributed by atoms with Gasteiger partial charge in [-0.3, -0.25) is 14.1 Å². The Balaban J connectivity index is 2.16. The van der Waals surface area contributed by atoms with Crippen LogP contribution in [-0.2, 0) is 21.4 Å². The van der Waals surface area contributed by atoms with Crippen LogP contribution in [0.25, 0.3) is 0 Å². The molecule has 2 aromatic rings. The largest absolute Gasteiger partial charge is 0.494 e. The zero-order valence-corrected chi connectivity index (χ0v) is 15.9. The summed E-state index contributed by atoms with van der Waals surface area (Å²) >= 11 is 0. The summed E-state index contributed by atoms with van der Waals surface area (Å²) < 4.78 is 31.0. The van der Waals surface area contributed by atoms with Gasteiger partial charge in [-0.25, -0.2) is 8.42 Å². The molecule has 0 aliphatic rings. The van der Waals surface area contributed by atoms with Crippen molar-refractivity contribution in [1.82, 2.24) is 10.3 Å². The van der Waals surface area contributed by atoms with E-state index in [0.29, 0.717) is 24.6 Å². The Bertz CT molecular complexity index is 823. The van der Waals surface area contributed by atoms with Crippen molar-refractivity contribution < 1.29 is 17.9 Å². The number of sulfonamides is 1. The molecule has 1 aromatic carbocycles. The van der Waals surface area contributed by atoms with Crippen molar-refractivity contribution in [2.45, 2.75) is 26.4 Å². The summed E-state index contributed by atoms with van der Waals surface area (Å²) in [7, 11) is -3.65. The topological polar surface area (TPSA) is 88.6 Å². The normalized spacial score (nSPS) is 12.3. The van der Waals surface area contributed by atoms with Crippen LogP contribution in [0.3, 0.4) is 0 Å². The molecule has 0 saturated carbocycles. The highest BCUT2D eigenvalue weighted by molar-refractivity contribution is 7.92. The van der Waals surface area contributed by atoms with Crippen molar-refractivity contribution in [2.75, 3.05) is 17.2 Å². The zero-order valence-electron chi connectivity index (χ0n) is 15.0. The van der Waals surface area contributed by atoms with Crippen molar-refractivity contribution in [3.05, 3.63) is 54.4 Å². The first-order valence-electron chi connectivity index (χ1n) is 8.21. The zero-order chi connectivity index (χ0) is 19.2. The SMILES string of the molecule is CCOc1ccc(N(C(C)C(=O)NCc2ccncc2)S(C)(=O)=O)cc1. The molecule has 0 fully saturated rings. The van der Waals surface area contributed by atoms with Crippen molar-refractivity contribution in [3.63, 3.8) is 0 Å². The molecule has 0 aliphatic carbocycles. The molecular weight excluding hydrogens is 354 g/mol. The van der Waals surface area contributed by atoms with Gasteiger partial charge in [0, 0.05) is 18.9 Å². The number of carbonyl (C=O) groups excluding carboxylic acids is 1. The molecule has 140 valence electrons. The molecule has 0 aliphatic heterocycles. The van der Waals surface area contributed by atoms with Gasteiger partial charge in [0.15, 0.2) is 0 Å². The number of rotatable bonds is 8. The van der Waals surface area contributed by atoms with E-state index in [4.69, 9.17) is 4.74 Å². The number of hydrogen-bond acceptors (Lipinski definition) is 5. The number of pyridine rings is 1. The summed E-state index contributed by atoms with van der Waals surface area (Å²) in [4.78, 5) is 16.4. The summed E-state index contributed by atoms with van der Waals surface area (Å²) in [5, 5.41) is 2.76. The number of benzene rings is 1. The Morgan fingerprint density at radius 2 is 1.81 bits per heavy atom. The molecule has 0 spiro atoms. The molecule has 1 atom stereocenters. The van der Waals surface area contributed by atoms with E-state index in [1.165, 1.54) is 0 Å². The molecule has 7 nitrogen and oxygen atoms in total. The highest BCUT2D eigenvalue weighted by Gasteiger charge is 2.28. The summed E-state index contributed by atoms with van der Waals surface area (Å²) in [6.07, 6.45) is 4.34. The highest BCUT2D eigenvalue weighted by Crippen LogP contribution is 2.24. The maximum Gasteiger partial charge on any atom is 0.243 e. The Morgan fingerprint density at radius 1 is 1.19 bits per heavy atom. The van der Waals surface area contributed by atoms with Gasteiger partial charge in [-0.15, -0.1) is 0 Å². The van der Waals surface area contributed by atoms with Crippen LogP contribution in [0.1, 0.15) is 19.4 Å². The van der Waals surface area contributed by atoms with Crippen LogP contribution in [0.4, 0.5) is 5.69 Å². The second kappa shape index (κ2) is 8.66. The average molecular weight is 377 g/mol. The third-order valence-electron chi connectivity index (χ3n) is 3.71. The standard InChI is InChI=1S/C18H23N3O4S/c1-4-25-17-7-5-16(6-8-17)21(26(3,23)24)14(2)18(22)20-13-15-9-11-19-12-10-15/h5-12,14H,4,13H2,1-3H3,(H,20,22). The fourth-order valence-electron chi connectivity index (χ4n) is 2.50. The fourth-order valence-corrected chi connectivity index (χ4v) is 3.68. The number of anilines is 1. The van der Waals surface area contributed by atoms with Gasteiger partial charge in [0.05, 0.1) is 18.6 Å². The van der Waals surface area contributed by atoms with Crippen LogP contribution in [0.5, 0.6) is 5.75 Å². The summed E-state index contributed by atoms with van der Waals surface area (Å²) in [5.74, 6) is 0.251. The number of amides is 1. The summed E-state index contributed by atoms with van der Waals surface area (Å²) in [6, 6.07) is 9.27. The molecule has 8 heteroatoms. The lowest BCUT2D eigenvalue weighted by Gasteiger charge is -2.28.